The molecule has 0 amide bonds. The van der Waals surface area contributed by atoms with E-state index in [1.165, 1.54) is 11.3 Å². The van der Waals surface area contributed by atoms with Crippen molar-refractivity contribution in [2.75, 3.05) is 0 Å². The molecule has 1 rings (SSSR count). The summed E-state index contributed by atoms with van der Waals surface area (Å²) in [6, 6.07) is 0.603. The summed E-state index contributed by atoms with van der Waals surface area (Å²) >= 11 is 1.50. The molecule has 0 aliphatic carbocycles. The Morgan fingerprint density at radius 1 is 1.42 bits per heavy atom. The minimum atomic E-state index is -2.47. The SMILES string of the molecule is Cc1cc(C(N)C(F)F)c(C)s1. The predicted octanol–water partition coefficient (Wildman–Crippen LogP) is 2.63. The van der Waals surface area contributed by atoms with Crippen LogP contribution in [0, 0.1) is 13.8 Å². The van der Waals surface area contributed by atoms with Gasteiger partial charge in [0.2, 0.25) is 0 Å². The average Bonchev–Trinajstić information content (AvgIpc) is 2.28. The van der Waals surface area contributed by atoms with E-state index < -0.39 is 12.5 Å². The van der Waals surface area contributed by atoms with Crippen LogP contribution < -0.4 is 5.73 Å². The molecule has 68 valence electrons. The van der Waals surface area contributed by atoms with Crippen molar-refractivity contribution in [2.24, 2.45) is 5.73 Å². The fraction of sp³-hybridized carbons (Fsp3) is 0.500. The Balaban J connectivity index is 2.94. The molecule has 0 fully saturated rings. The highest BCUT2D eigenvalue weighted by molar-refractivity contribution is 7.12. The lowest BCUT2D eigenvalue weighted by Crippen LogP contribution is -2.18. The fourth-order valence-corrected chi connectivity index (χ4v) is 2.10. The highest BCUT2D eigenvalue weighted by atomic mass is 32.1. The number of thiophene rings is 1. The largest absolute Gasteiger partial charge is 0.319 e. The number of aryl methyl sites for hydroxylation is 2. The molecule has 1 aromatic rings. The molecular weight excluding hydrogens is 180 g/mol. The van der Waals surface area contributed by atoms with E-state index in [2.05, 4.69) is 0 Å². The zero-order chi connectivity index (χ0) is 9.30. The highest BCUT2D eigenvalue weighted by Gasteiger charge is 2.20. The number of alkyl halides is 2. The van der Waals surface area contributed by atoms with Gasteiger partial charge in [0.05, 0.1) is 6.04 Å². The van der Waals surface area contributed by atoms with Crippen LogP contribution in [-0.2, 0) is 0 Å². The zero-order valence-electron chi connectivity index (χ0n) is 6.97. The molecule has 12 heavy (non-hydrogen) atoms. The van der Waals surface area contributed by atoms with Gasteiger partial charge in [0, 0.05) is 9.75 Å². The first-order valence-electron chi connectivity index (χ1n) is 3.63. The Bertz CT molecular complexity index is 270. The van der Waals surface area contributed by atoms with Crippen molar-refractivity contribution in [3.8, 4) is 0 Å². The summed E-state index contributed by atoms with van der Waals surface area (Å²) < 4.78 is 24.4. The quantitative estimate of drug-likeness (QED) is 0.764. The molecule has 1 atom stereocenters. The molecule has 0 aliphatic heterocycles. The Hall–Kier alpha value is -0.480. The molecule has 0 aromatic carbocycles. The van der Waals surface area contributed by atoms with Crippen molar-refractivity contribution in [3.63, 3.8) is 0 Å². The van der Waals surface area contributed by atoms with Gasteiger partial charge in [0.1, 0.15) is 0 Å². The van der Waals surface area contributed by atoms with E-state index in [4.69, 9.17) is 5.73 Å². The summed E-state index contributed by atoms with van der Waals surface area (Å²) in [6.45, 7) is 3.70. The van der Waals surface area contributed by atoms with E-state index in [9.17, 15) is 8.78 Å². The van der Waals surface area contributed by atoms with E-state index in [1.807, 2.05) is 13.8 Å². The number of rotatable bonds is 2. The first kappa shape index (κ1) is 9.61. The van der Waals surface area contributed by atoms with Crippen molar-refractivity contribution in [1.82, 2.24) is 0 Å². The Morgan fingerprint density at radius 3 is 2.33 bits per heavy atom. The maximum absolute atomic E-state index is 12.2. The van der Waals surface area contributed by atoms with Crippen molar-refractivity contribution >= 4 is 11.3 Å². The second-order valence-corrected chi connectivity index (χ2v) is 4.19. The number of hydrogen-bond donors (Lipinski definition) is 1. The summed E-state index contributed by atoms with van der Waals surface area (Å²) in [5, 5.41) is 0. The molecule has 0 saturated heterocycles. The van der Waals surface area contributed by atoms with Gasteiger partial charge in [-0.2, -0.15) is 0 Å². The zero-order valence-corrected chi connectivity index (χ0v) is 7.79. The maximum atomic E-state index is 12.2. The van der Waals surface area contributed by atoms with E-state index in [1.54, 1.807) is 6.07 Å². The molecule has 0 spiro atoms. The molecular formula is C8H11F2NS. The first-order valence-corrected chi connectivity index (χ1v) is 4.44. The minimum Gasteiger partial charge on any atom is -0.319 e. The van der Waals surface area contributed by atoms with Gasteiger partial charge in [0.15, 0.2) is 0 Å². The maximum Gasteiger partial charge on any atom is 0.257 e. The lowest BCUT2D eigenvalue weighted by atomic mass is 10.1. The minimum absolute atomic E-state index is 0.576. The Labute approximate surface area is 74.2 Å². The van der Waals surface area contributed by atoms with Gasteiger partial charge in [-0.3, -0.25) is 0 Å². The smallest absolute Gasteiger partial charge is 0.257 e. The average molecular weight is 191 g/mol. The number of hydrogen-bond acceptors (Lipinski definition) is 2. The third kappa shape index (κ3) is 1.81. The van der Waals surface area contributed by atoms with Gasteiger partial charge in [-0.25, -0.2) is 8.78 Å². The van der Waals surface area contributed by atoms with Crippen LogP contribution in [0.2, 0.25) is 0 Å². The van der Waals surface area contributed by atoms with Crippen molar-refractivity contribution in [1.29, 1.82) is 0 Å². The molecule has 1 nitrogen and oxygen atoms in total. The van der Waals surface area contributed by atoms with Crippen LogP contribution in [0.3, 0.4) is 0 Å². The summed E-state index contributed by atoms with van der Waals surface area (Å²) in [5.74, 6) is 0. The second kappa shape index (κ2) is 3.49. The third-order valence-corrected chi connectivity index (χ3v) is 2.69. The highest BCUT2D eigenvalue weighted by Crippen LogP contribution is 2.28. The molecule has 0 saturated carbocycles. The summed E-state index contributed by atoms with van der Waals surface area (Å²) in [6.07, 6.45) is -2.47. The van der Waals surface area contributed by atoms with Crippen LogP contribution in [-0.4, -0.2) is 6.43 Å². The molecule has 0 radical (unpaired) electrons. The predicted molar refractivity (Wildman–Crippen MR) is 46.7 cm³/mol. The number of halogens is 2. The first-order chi connectivity index (χ1) is 5.52. The lowest BCUT2D eigenvalue weighted by Gasteiger charge is -2.08. The number of nitrogens with two attached hydrogens (primary N) is 1. The van der Waals surface area contributed by atoms with Gasteiger partial charge in [-0.1, -0.05) is 0 Å². The van der Waals surface area contributed by atoms with Gasteiger partial charge >= 0.3 is 0 Å². The molecule has 1 aromatic heterocycles. The topological polar surface area (TPSA) is 26.0 Å². The fourth-order valence-electron chi connectivity index (χ4n) is 1.12. The molecule has 2 N–H and O–H groups in total. The molecule has 4 heteroatoms. The van der Waals surface area contributed by atoms with E-state index in [0.717, 1.165) is 9.75 Å². The lowest BCUT2D eigenvalue weighted by molar-refractivity contribution is 0.116. The van der Waals surface area contributed by atoms with Crippen LogP contribution in [0.5, 0.6) is 0 Å². The Morgan fingerprint density at radius 2 is 2.00 bits per heavy atom. The second-order valence-electron chi connectivity index (χ2n) is 2.73. The summed E-state index contributed by atoms with van der Waals surface area (Å²) in [7, 11) is 0. The van der Waals surface area contributed by atoms with E-state index in [0.29, 0.717) is 5.56 Å². The van der Waals surface area contributed by atoms with E-state index >= 15 is 0 Å². The van der Waals surface area contributed by atoms with E-state index in [-0.39, 0.29) is 0 Å². The standard InChI is InChI=1S/C8H11F2NS/c1-4-3-6(5(2)12-4)7(11)8(9)10/h3,7-8H,11H2,1-2H3. The van der Waals surface area contributed by atoms with Crippen LogP contribution in [0.4, 0.5) is 8.78 Å². The van der Waals surface area contributed by atoms with Crippen LogP contribution >= 0.6 is 11.3 Å². The van der Waals surface area contributed by atoms with Gasteiger partial charge in [-0.05, 0) is 25.5 Å². The summed E-state index contributed by atoms with van der Waals surface area (Å²) in [5.41, 5.74) is 5.89. The van der Waals surface area contributed by atoms with Crippen molar-refractivity contribution < 1.29 is 8.78 Å². The van der Waals surface area contributed by atoms with Crippen LogP contribution in [0.25, 0.3) is 0 Å². The monoisotopic (exact) mass is 191 g/mol. The van der Waals surface area contributed by atoms with Gasteiger partial charge < -0.3 is 5.73 Å². The van der Waals surface area contributed by atoms with Crippen molar-refractivity contribution in [2.45, 2.75) is 26.3 Å². The molecule has 0 bridgehead atoms. The molecule has 1 heterocycles. The summed E-state index contributed by atoms with van der Waals surface area (Å²) in [4.78, 5) is 1.92. The van der Waals surface area contributed by atoms with Crippen molar-refractivity contribution in [3.05, 3.63) is 21.4 Å². The van der Waals surface area contributed by atoms with Gasteiger partial charge in [0.25, 0.3) is 6.43 Å². The third-order valence-electron chi connectivity index (χ3n) is 1.71. The van der Waals surface area contributed by atoms with Crippen LogP contribution in [0.1, 0.15) is 21.4 Å². The molecule has 1 unspecified atom stereocenters. The normalized spacial score (nSPS) is 13.8. The van der Waals surface area contributed by atoms with Gasteiger partial charge in [-0.15, -0.1) is 11.3 Å². The van der Waals surface area contributed by atoms with Crippen LogP contribution in [0.15, 0.2) is 6.07 Å². The molecule has 0 aliphatic rings. The Kier molecular flexibility index (Phi) is 2.80.